The van der Waals surface area contributed by atoms with Crippen LogP contribution in [0.5, 0.6) is 0 Å². The Morgan fingerprint density at radius 2 is 1.79 bits per heavy atom. The smallest absolute Gasteiger partial charge is 0.339 e. The number of carbonyl (C=O) groups is 3. The highest BCUT2D eigenvalue weighted by molar-refractivity contribution is 6.05. The summed E-state index contributed by atoms with van der Waals surface area (Å²) in [5.41, 5.74) is 3.90. The van der Waals surface area contributed by atoms with Crippen LogP contribution in [0, 0.1) is 6.92 Å². The van der Waals surface area contributed by atoms with Gasteiger partial charge in [-0.3, -0.25) is 0 Å². The highest BCUT2D eigenvalue weighted by Crippen LogP contribution is 2.26. The lowest BCUT2D eigenvalue weighted by atomic mass is 10.0. The normalized spacial score (nSPS) is 15.5. The fraction of sp³-hybridized carbons (Fsp3) is 0.231. The molecule has 0 fully saturated rings. The van der Waals surface area contributed by atoms with E-state index in [1.165, 1.54) is 0 Å². The van der Waals surface area contributed by atoms with Crippen molar-refractivity contribution in [1.29, 1.82) is 0 Å². The zero-order valence-electron chi connectivity index (χ0n) is 19.2. The van der Waals surface area contributed by atoms with Gasteiger partial charge in [0.15, 0.2) is 0 Å². The van der Waals surface area contributed by atoms with E-state index >= 15 is 0 Å². The number of benzene rings is 2. The lowest BCUT2D eigenvalue weighted by Gasteiger charge is -2.26. The summed E-state index contributed by atoms with van der Waals surface area (Å²) in [4.78, 5) is 42.4. The molecule has 2 N–H and O–H groups in total. The second-order valence-electron chi connectivity index (χ2n) is 7.95. The second kappa shape index (κ2) is 9.74. The number of aromatic nitrogens is 1. The van der Waals surface area contributed by atoms with Crippen LogP contribution in [0.4, 0.5) is 4.79 Å². The Hall–Kier alpha value is -4.20. The molecule has 0 saturated carbocycles. The molecule has 1 aromatic heterocycles. The molecule has 2 aromatic carbocycles. The molecule has 0 saturated heterocycles. The van der Waals surface area contributed by atoms with Crippen molar-refractivity contribution in [1.82, 2.24) is 15.6 Å². The maximum Gasteiger partial charge on any atom is 0.339 e. The van der Waals surface area contributed by atoms with Gasteiger partial charge >= 0.3 is 18.0 Å². The molecular formula is C26H25N3O5. The average molecular weight is 460 g/mol. The van der Waals surface area contributed by atoms with Gasteiger partial charge < -0.3 is 20.1 Å². The minimum atomic E-state index is -0.591. The van der Waals surface area contributed by atoms with Gasteiger partial charge in [-0.2, -0.15) is 0 Å². The summed E-state index contributed by atoms with van der Waals surface area (Å²) < 4.78 is 10.7. The lowest BCUT2D eigenvalue weighted by Crippen LogP contribution is -2.50. The third kappa shape index (κ3) is 4.76. The Labute approximate surface area is 197 Å². The van der Waals surface area contributed by atoms with Crippen LogP contribution < -0.4 is 10.6 Å². The van der Waals surface area contributed by atoms with Gasteiger partial charge in [0.2, 0.25) is 0 Å². The van der Waals surface area contributed by atoms with Gasteiger partial charge in [-0.05, 0) is 39.0 Å². The largest absolute Gasteiger partial charge is 0.463 e. The number of esters is 2. The predicted octanol–water partition coefficient (Wildman–Crippen LogP) is 3.89. The molecule has 8 nitrogen and oxygen atoms in total. The summed E-state index contributed by atoms with van der Waals surface area (Å²) in [7, 11) is 0. The van der Waals surface area contributed by atoms with Gasteiger partial charge in [0, 0.05) is 10.9 Å². The van der Waals surface area contributed by atoms with E-state index in [9.17, 15) is 14.4 Å². The maximum absolute atomic E-state index is 13.2. The summed E-state index contributed by atoms with van der Waals surface area (Å²) >= 11 is 0. The molecule has 174 valence electrons. The molecule has 4 rings (SSSR count). The van der Waals surface area contributed by atoms with Crippen LogP contribution in [0.1, 0.15) is 29.8 Å². The summed E-state index contributed by atoms with van der Waals surface area (Å²) in [6.45, 7) is 5.18. The SMILES string of the molecule is CCOC(=O)C1=C(COC(=O)c2cc(-c3ccccc3)nc3ccc(C)cc23)NC(=O)N[C@@H]1C. The fourth-order valence-electron chi connectivity index (χ4n) is 3.87. The van der Waals surface area contributed by atoms with E-state index in [-0.39, 0.29) is 24.5 Å². The number of ether oxygens (including phenoxy) is 2. The molecule has 8 heteroatoms. The van der Waals surface area contributed by atoms with Crippen LogP contribution in [-0.4, -0.2) is 42.2 Å². The molecule has 0 unspecified atom stereocenters. The van der Waals surface area contributed by atoms with Gasteiger partial charge in [-0.1, -0.05) is 42.0 Å². The fourth-order valence-corrected chi connectivity index (χ4v) is 3.87. The zero-order chi connectivity index (χ0) is 24.2. The third-order valence-electron chi connectivity index (χ3n) is 5.47. The molecule has 1 atom stereocenters. The van der Waals surface area contributed by atoms with Crippen LogP contribution in [0.2, 0.25) is 0 Å². The van der Waals surface area contributed by atoms with Crippen molar-refractivity contribution >= 4 is 28.9 Å². The molecular weight excluding hydrogens is 434 g/mol. The van der Waals surface area contributed by atoms with E-state index in [1.54, 1.807) is 19.9 Å². The van der Waals surface area contributed by atoms with Gasteiger partial charge in [0.1, 0.15) is 6.61 Å². The second-order valence-corrected chi connectivity index (χ2v) is 7.95. The van der Waals surface area contributed by atoms with Crippen LogP contribution in [0.25, 0.3) is 22.2 Å². The molecule has 0 bridgehead atoms. The molecule has 0 radical (unpaired) electrons. The predicted molar refractivity (Wildman–Crippen MR) is 127 cm³/mol. The van der Waals surface area contributed by atoms with E-state index in [4.69, 9.17) is 14.5 Å². The first kappa shape index (κ1) is 23.0. The first-order chi connectivity index (χ1) is 16.4. The molecule has 1 aliphatic heterocycles. The molecule has 2 amide bonds. The number of urea groups is 1. The number of hydrogen-bond donors (Lipinski definition) is 2. The number of carbonyl (C=O) groups excluding carboxylic acids is 3. The van der Waals surface area contributed by atoms with Gasteiger partial charge in [-0.25, -0.2) is 19.4 Å². The van der Waals surface area contributed by atoms with Crippen LogP contribution in [0.15, 0.2) is 65.9 Å². The van der Waals surface area contributed by atoms with Crippen molar-refractivity contribution in [2.45, 2.75) is 26.8 Å². The Kier molecular flexibility index (Phi) is 6.58. The van der Waals surface area contributed by atoms with Gasteiger partial charge in [0.25, 0.3) is 0 Å². The number of nitrogens with zero attached hydrogens (tertiary/aromatic N) is 1. The van der Waals surface area contributed by atoms with Gasteiger partial charge in [0.05, 0.1) is 40.7 Å². The van der Waals surface area contributed by atoms with Gasteiger partial charge in [-0.15, -0.1) is 0 Å². The quantitative estimate of drug-likeness (QED) is 0.542. The molecule has 0 spiro atoms. The van der Waals surface area contributed by atoms with E-state index in [0.29, 0.717) is 22.2 Å². The first-order valence-corrected chi connectivity index (χ1v) is 11.0. The Bertz CT molecular complexity index is 1300. The standard InChI is InChI=1S/C26H25N3O5/c1-4-33-25(31)23-16(3)27-26(32)29-22(23)14-34-24(30)19-13-21(17-8-6-5-7-9-17)28-20-11-10-15(2)12-18(19)20/h5-13,16H,4,14H2,1-3H3,(H2,27,29,32)/t16-/m1/s1. The maximum atomic E-state index is 13.2. The van der Waals surface area contributed by atoms with E-state index in [2.05, 4.69) is 10.6 Å². The lowest BCUT2D eigenvalue weighted by molar-refractivity contribution is -0.139. The number of rotatable bonds is 6. The van der Waals surface area contributed by atoms with Crippen LogP contribution in [-0.2, 0) is 14.3 Å². The summed E-state index contributed by atoms with van der Waals surface area (Å²) in [6.07, 6.45) is 0. The minimum absolute atomic E-state index is 0.181. The Balaban J connectivity index is 1.69. The topological polar surface area (TPSA) is 107 Å². The summed E-state index contributed by atoms with van der Waals surface area (Å²) in [5.74, 6) is -1.17. The molecule has 34 heavy (non-hydrogen) atoms. The number of hydrogen-bond acceptors (Lipinski definition) is 6. The Morgan fingerprint density at radius 3 is 2.53 bits per heavy atom. The summed E-state index contributed by atoms with van der Waals surface area (Å²) in [6, 6.07) is 15.8. The highest BCUT2D eigenvalue weighted by atomic mass is 16.5. The van der Waals surface area contributed by atoms with Crippen LogP contribution >= 0.6 is 0 Å². The number of pyridine rings is 1. The van der Waals surface area contributed by atoms with E-state index in [1.807, 2.05) is 55.5 Å². The molecule has 2 heterocycles. The number of fused-ring (bicyclic) bond motifs is 1. The third-order valence-corrected chi connectivity index (χ3v) is 5.47. The number of amides is 2. The van der Waals surface area contributed by atoms with Crippen molar-refractivity contribution in [3.05, 3.63) is 77.0 Å². The monoisotopic (exact) mass is 459 g/mol. The average Bonchev–Trinajstić information content (AvgIpc) is 2.82. The highest BCUT2D eigenvalue weighted by Gasteiger charge is 2.30. The minimum Gasteiger partial charge on any atom is -0.463 e. The van der Waals surface area contributed by atoms with Crippen LogP contribution in [0.3, 0.4) is 0 Å². The van der Waals surface area contributed by atoms with Crippen molar-refractivity contribution in [2.24, 2.45) is 0 Å². The van der Waals surface area contributed by atoms with Crippen molar-refractivity contribution in [3.8, 4) is 11.3 Å². The number of nitrogens with one attached hydrogen (secondary N) is 2. The summed E-state index contributed by atoms with van der Waals surface area (Å²) in [5, 5.41) is 5.84. The van der Waals surface area contributed by atoms with Crippen molar-refractivity contribution < 1.29 is 23.9 Å². The van der Waals surface area contributed by atoms with E-state index in [0.717, 1.165) is 11.1 Å². The van der Waals surface area contributed by atoms with Crippen molar-refractivity contribution in [3.63, 3.8) is 0 Å². The molecule has 1 aliphatic rings. The first-order valence-electron chi connectivity index (χ1n) is 11.0. The molecule has 3 aromatic rings. The number of aryl methyl sites for hydroxylation is 1. The molecule has 0 aliphatic carbocycles. The van der Waals surface area contributed by atoms with Crippen molar-refractivity contribution in [2.75, 3.05) is 13.2 Å². The Morgan fingerprint density at radius 1 is 1.03 bits per heavy atom. The van der Waals surface area contributed by atoms with E-state index < -0.39 is 24.0 Å². The zero-order valence-corrected chi connectivity index (χ0v) is 19.2.